The van der Waals surface area contributed by atoms with Crippen LogP contribution < -0.4 is 0 Å². The van der Waals surface area contributed by atoms with E-state index < -0.39 is 0 Å². The van der Waals surface area contributed by atoms with E-state index in [0.29, 0.717) is 0 Å². The molecule has 0 fully saturated rings. The SMILES string of the molecule is C=C/C(=C\C)c1cc(C)cc(C)c1. The summed E-state index contributed by atoms with van der Waals surface area (Å²) in [6.45, 7) is 10.1. The Morgan fingerprint density at radius 2 is 1.69 bits per heavy atom. The predicted octanol–water partition coefficient (Wildman–Crippen LogP) is 3.89. The third-order valence-electron chi connectivity index (χ3n) is 2.09. The lowest BCUT2D eigenvalue weighted by Gasteiger charge is -2.04. The Bertz CT molecular complexity index is 323. The summed E-state index contributed by atoms with van der Waals surface area (Å²) in [6, 6.07) is 6.55. The molecular weight excluding hydrogens is 156 g/mol. The van der Waals surface area contributed by atoms with Gasteiger partial charge in [-0.05, 0) is 31.9 Å². The summed E-state index contributed by atoms with van der Waals surface area (Å²) in [5, 5.41) is 0. The van der Waals surface area contributed by atoms with Crippen molar-refractivity contribution in [3.8, 4) is 0 Å². The molecular formula is C13H16. The smallest absolute Gasteiger partial charge is 0.0182 e. The van der Waals surface area contributed by atoms with Gasteiger partial charge >= 0.3 is 0 Å². The molecule has 1 aromatic rings. The fraction of sp³-hybridized carbons (Fsp3) is 0.231. The lowest BCUT2D eigenvalue weighted by Crippen LogP contribution is -1.84. The maximum atomic E-state index is 3.80. The molecule has 0 atom stereocenters. The second-order valence-electron chi connectivity index (χ2n) is 3.32. The van der Waals surface area contributed by atoms with Crippen LogP contribution >= 0.6 is 0 Å². The van der Waals surface area contributed by atoms with Gasteiger partial charge in [-0.15, -0.1) is 0 Å². The van der Waals surface area contributed by atoms with Gasteiger partial charge in [0.05, 0.1) is 0 Å². The molecule has 13 heavy (non-hydrogen) atoms. The highest BCUT2D eigenvalue weighted by Gasteiger charge is 1.97. The fourth-order valence-corrected chi connectivity index (χ4v) is 1.54. The molecule has 0 nitrogen and oxygen atoms in total. The van der Waals surface area contributed by atoms with Crippen LogP contribution in [-0.4, -0.2) is 0 Å². The molecule has 0 unspecified atom stereocenters. The molecule has 0 aliphatic carbocycles. The van der Waals surface area contributed by atoms with Gasteiger partial charge in [0, 0.05) is 0 Å². The molecule has 1 aromatic carbocycles. The van der Waals surface area contributed by atoms with Gasteiger partial charge in [0.25, 0.3) is 0 Å². The van der Waals surface area contributed by atoms with Crippen molar-refractivity contribution in [1.82, 2.24) is 0 Å². The average molecular weight is 172 g/mol. The van der Waals surface area contributed by atoms with E-state index in [-0.39, 0.29) is 0 Å². The summed E-state index contributed by atoms with van der Waals surface area (Å²) in [6.07, 6.45) is 3.98. The first-order valence-corrected chi connectivity index (χ1v) is 4.54. The Morgan fingerprint density at radius 3 is 2.08 bits per heavy atom. The van der Waals surface area contributed by atoms with Crippen LogP contribution in [0, 0.1) is 13.8 Å². The lowest BCUT2D eigenvalue weighted by molar-refractivity contribution is 1.37. The zero-order valence-corrected chi connectivity index (χ0v) is 8.59. The quantitative estimate of drug-likeness (QED) is 0.594. The minimum atomic E-state index is 1.20. The van der Waals surface area contributed by atoms with Crippen molar-refractivity contribution in [2.24, 2.45) is 0 Å². The second-order valence-corrected chi connectivity index (χ2v) is 3.32. The summed E-state index contributed by atoms with van der Waals surface area (Å²) in [5.41, 5.74) is 5.06. The van der Waals surface area contributed by atoms with Crippen molar-refractivity contribution in [1.29, 1.82) is 0 Å². The van der Waals surface area contributed by atoms with Gasteiger partial charge in [0.15, 0.2) is 0 Å². The Balaban J connectivity index is 3.21. The van der Waals surface area contributed by atoms with E-state index in [4.69, 9.17) is 0 Å². The van der Waals surface area contributed by atoms with Gasteiger partial charge in [-0.1, -0.05) is 48.1 Å². The van der Waals surface area contributed by atoms with Crippen LogP contribution in [0.5, 0.6) is 0 Å². The summed E-state index contributed by atoms with van der Waals surface area (Å²) in [7, 11) is 0. The van der Waals surface area contributed by atoms with Crippen molar-refractivity contribution in [2.75, 3.05) is 0 Å². The van der Waals surface area contributed by atoms with E-state index in [2.05, 4.69) is 44.7 Å². The van der Waals surface area contributed by atoms with E-state index in [0.717, 1.165) is 0 Å². The van der Waals surface area contributed by atoms with Gasteiger partial charge < -0.3 is 0 Å². The fourth-order valence-electron chi connectivity index (χ4n) is 1.54. The molecule has 0 heterocycles. The molecule has 0 saturated carbocycles. The van der Waals surface area contributed by atoms with E-state index in [1.54, 1.807) is 0 Å². The molecule has 0 bridgehead atoms. The van der Waals surface area contributed by atoms with Crippen LogP contribution in [-0.2, 0) is 0 Å². The monoisotopic (exact) mass is 172 g/mol. The highest BCUT2D eigenvalue weighted by Crippen LogP contribution is 2.18. The number of hydrogen-bond donors (Lipinski definition) is 0. The Hall–Kier alpha value is -1.30. The third kappa shape index (κ3) is 2.32. The zero-order chi connectivity index (χ0) is 9.84. The number of rotatable bonds is 2. The second kappa shape index (κ2) is 4.08. The lowest BCUT2D eigenvalue weighted by atomic mass is 10.0. The van der Waals surface area contributed by atoms with Crippen molar-refractivity contribution in [3.63, 3.8) is 0 Å². The Labute approximate surface area is 80.6 Å². The Kier molecular flexibility index (Phi) is 3.07. The van der Waals surface area contributed by atoms with Crippen molar-refractivity contribution >= 4 is 5.57 Å². The van der Waals surface area contributed by atoms with E-state index >= 15 is 0 Å². The van der Waals surface area contributed by atoms with Crippen LogP contribution in [0.25, 0.3) is 5.57 Å². The van der Waals surface area contributed by atoms with Gasteiger partial charge in [-0.2, -0.15) is 0 Å². The normalized spacial score (nSPS) is 11.5. The molecule has 0 aliphatic heterocycles. The van der Waals surface area contributed by atoms with Gasteiger partial charge in [-0.3, -0.25) is 0 Å². The van der Waals surface area contributed by atoms with Crippen LogP contribution in [0.15, 0.2) is 36.9 Å². The van der Waals surface area contributed by atoms with E-state index in [1.165, 1.54) is 22.3 Å². The maximum Gasteiger partial charge on any atom is -0.0182 e. The highest BCUT2D eigenvalue weighted by molar-refractivity contribution is 5.73. The zero-order valence-electron chi connectivity index (χ0n) is 8.59. The first-order valence-electron chi connectivity index (χ1n) is 4.54. The molecule has 0 heteroatoms. The number of benzene rings is 1. The predicted molar refractivity (Wildman–Crippen MR) is 59.8 cm³/mol. The largest absolute Gasteiger partial charge is 0.0985 e. The Morgan fingerprint density at radius 1 is 1.15 bits per heavy atom. The molecule has 0 N–H and O–H groups in total. The van der Waals surface area contributed by atoms with Crippen molar-refractivity contribution < 1.29 is 0 Å². The van der Waals surface area contributed by atoms with Gasteiger partial charge in [0.2, 0.25) is 0 Å². The molecule has 0 aromatic heterocycles. The summed E-state index contributed by atoms with van der Waals surface area (Å²) >= 11 is 0. The van der Waals surface area contributed by atoms with Gasteiger partial charge in [0.1, 0.15) is 0 Å². The first-order chi connectivity index (χ1) is 6.17. The highest BCUT2D eigenvalue weighted by atomic mass is 14.0. The van der Waals surface area contributed by atoms with E-state index in [9.17, 15) is 0 Å². The molecule has 68 valence electrons. The third-order valence-corrected chi connectivity index (χ3v) is 2.09. The molecule has 0 aliphatic rings. The van der Waals surface area contributed by atoms with Crippen LogP contribution in [0.1, 0.15) is 23.6 Å². The standard InChI is InChI=1S/C13H16/c1-5-12(6-2)13-8-10(3)7-11(4)9-13/h5-9H,1H2,2-4H3/b12-6+. The molecule has 0 amide bonds. The number of aryl methyl sites for hydroxylation is 2. The van der Waals surface area contributed by atoms with Gasteiger partial charge in [-0.25, -0.2) is 0 Å². The molecule has 0 radical (unpaired) electrons. The summed E-state index contributed by atoms with van der Waals surface area (Å²) in [4.78, 5) is 0. The summed E-state index contributed by atoms with van der Waals surface area (Å²) < 4.78 is 0. The van der Waals surface area contributed by atoms with Crippen LogP contribution in [0.4, 0.5) is 0 Å². The minimum absolute atomic E-state index is 1.20. The molecule has 1 rings (SSSR count). The minimum Gasteiger partial charge on any atom is -0.0985 e. The topological polar surface area (TPSA) is 0 Å². The average Bonchev–Trinajstić information content (AvgIpc) is 2.04. The van der Waals surface area contributed by atoms with Crippen LogP contribution in [0.2, 0.25) is 0 Å². The number of allylic oxidation sites excluding steroid dienone is 3. The van der Waals surface area contributed by atoms with E-state index in [1.807, 2.05) is 13.0 Å². The van der Waals surface area contributed by atoms with Crippen molar-refractivity contribution in [3.05, 3.63) is 53.6 Å². The number of hydrogen-bond acceptors (Lipinski definition) is 0. The summed E-state index contributed by atoms with van der Waals surface area (Å²) in [5.74, 6) is 0. The first kappa shape index (κ1) is 9.79. The maximum absolute atomic E-state index is 3.80. The van der Waals surface area contributed by atoms with Crippen molar-refractivity contribution in [2.45, 2.75) is 20.8 Å². The molecule has 0 saturated heterocycles. The van der Waals surface area contributed by atoms with Crippen LogP contribution in [0.3, 0.4) is 0 Å². The molecule has 0 spiro atoms.